The van der Waals surface area contributed by atoms with Gasteiger partial charge in [-0.25, -0.2) is 0 Å². The summed E-state index contributed by atoms with van der Waals surface area (Å²) in [4.78, 5) is 23.4. The topological polar surface area (TPSA) is 66.4 Å². The minimum atomic E-state index is -0.853. The van der Waals surface area contributed by atoms with Crippen LogP contribution in [0.3, 0.4) is 0 Å². The second-order valence-corrected chi connectivity index (χ2v) is 6.31. The molecule has 0 spiro atoms. The van der Waals surface area contributed by atoms with Gasteiger partial charge in [0.25, 0.3) is 0 Å². The smallest absolute Gasteiger partial charge is 0.308 e. The van der Waals surface area contributed by atoms with Gasteiger partial charge >= 0.3 is 5.97 Å². The summed E-state index contributed by atoms with van der Waals surface area (Å²) >= 11 is 0. The lowest BCUT2D eigenvalue weighted by Gasteiger charge is -2.13. The van der Waals surface area contributed by atoms with E-state index in [1.54, 1.807) is 0 Å². The molecule has 112 valence electrons. The standard InChI is InChI=1S/C17H21NO3/c19-16(15-9-14(15)12-6-7-12)18-10-13(17(20)21)8-11-4-2-1-3-5-11/h1-5,12-15H,6-10H2,(H,18,19)(H,20,21). The molecular weight excluding hydrogens is 266 g/mol. The van der Waals surface area contributed by atoms with Crippen LogP contribution in [0.2, 0.25) is 0 Å². The summed E-state index contributed by atoms with van der Waals surface area (Å²) in [5.74, 6) is 0.112. The van der Waals surface area contributed by atoms with Gasteiger partial charge in [-0.3, -0.25) is 9.59 Å². The van der Waals surface area contributed by atoms with E-state index in [0.717, 1.165) is 17.9 Å². The normalized spacial score (nSPS) is 25.1. The number of carbonyl (C=O) groups excluding carboxylic acids is 1. The molecule has 0 aliphatic heterocycles. The highest BCUT2D eigenvalue weighted by Gasteiger charge is 2.51. The number of carboxylic acid groups (broad SMARTS) is 1. The highest BCUT2D eigenvalue weighted by molar-refractivity contribution is 5.82. The van der Waals surface area contributed by atoms with Crippen molar-refractivity contribution in [3.05, 3.63) is 35.9 Å². The van der Waals surface area contributed by atoms with Crippen LogP contribution in [0.25, 0.3) is 0 Å². The molecule has 3 atom stereocenters. The molecule has 0 heterocycles. The second-order valence-electron chi connectivity index (χ2n) is 6.31. The van der Waals surface area contributed by atoms with E-state index in [-0.39, 0.29) is 18.4 Å². The Bertz CT molecular complexity index is 524. The minimum absolute atomic E-state index is 0.0474. The van der Waals surface area contributed by atoms with Crippen LogP contribution in [0.15, 0.2) is 30.3 Å². The van der Waals surface area contributed by atoms with Crippen LogP contribution in [0.1, 0.15) is 24.8 Å². The zero-order valence-corrected chi connectivity index (χ0v) is 12.0. The number of aliphatic carboxylic acids is 1. The summed E-state index contributed by atoms with van der Waals surface area (Å²) in [6.07, 6.45) is 3.97. The van der Waals surface area contributed by atoms with Gasteiger partial charge in [-0.15, -0.1) is 0 Å². The molecule has 2 aliphatic rings. The van der Waals surface area contributed by atoms with E-state index in [4.69, 9.17) is 0 Å². The summed E-state index contributed by atoms with van der Waals surface area (Å²) in [6, 6.07) is 9.55. The summed E-state index contributed by atoms with van der Waals surface area (Å²) in [5, 5.41) is 12.1. The molecule has 0 radical (unpaired) electrons. The molecule has 0 bridgehead atoms. The maximum atomic E-state index is 12.0. The Hall–Kier alpha value is -1.84. The van der Waals surface area contributed by atoms with Crippen molar-refractivity contribution in [1.82, 2.24) is 5.32 Å². The number of carboxylic acids is 1. The molecule has 0 saturated heterocycles. The van der Waals surface area contributed by atoms with Gasteiger partial charge in [0.1, 0.15) is 0 Å². The number of benzene rings is 1. The van der Waals surface area contributed by atoms with Crippen molar-refractivity contribution in [1.29, 1.82) is 0 Å². The predicted molar refractivity (Wildman–Crippen MR) is 78.6 cm³/mol. The van der Waals surface area contributed by atoms with Crippen LogP contribution in [0.5, 0.6) is 0 Å². The van der Waals surface area contributed by atoms with E-state index >= 15 is 0 Å². The summed E-state index contributed by atoms with van der Waals surface area (Å²) in [5.41, 5.74) is 0.987. The van der Waals surface area contributed by atoms with Gasteiger partial charge in [0.15, 0.2) is 0 Å². The molecule has 2 saturated carbocycles. The van der Waals surface area contributed by atoms with E-state index in [2.05, 4.69) is 5.32 Å². The highest BCUT2D eigenvalue weighted by Crippen LogP contribution is 2.54. The molecule has 2 aliphatic carbocycles. The third kappa shape index (κ3) is 3.63. The Labute approximate surface area is 124 Å². The van der Waals surface area contributed by atoms with E-state index < -0.39 is 11.9 Å². The Morgan fingerprint density at radius 1 is 1.24 bits per heavy atom. The third-order valence-corrected chi connectivity index (χ3v) is 4.60. The molecular formula is C17H21NO3. The number of hydrogen-bond acceptors (Lipinski definition) is 2. The van der Waals surface area contributed by atoms with E-state index in [0.29, 0.717) is 12.3 Å². The van der Waals surface area contributed by atoms with Crippen molar-refractivity contribution in [2.24, 2.45) is 23.7 Å². The Morgan fingerprint density at radius 3 is 2.57 bits per heavy atom. The van der Waals surface area contributed by atoms with Gasteiger partial charge < -0.3 is 10.4 Å². The minimum Gasteiger partial charge on any atom is -0.481 e. The van der Waals surface area contributed by atoms with Crippen LogP contribution in [-0.4, -0.2) is 23.5 Å². The molecule has 21 heavy (non-hydrogen) atoms. The van der Waals surface area contributed by atoms with E-state index in [1.165, 1.54) is 12.8 Å². The van der Waals surface area contributed by atoms with Crippen molar-refractivity contribution in [2.75, 3.05) is 6.54 Å². The van der Waals surface area contributed by atoms with Gasteiger partial charge in [0.05, 0.1) is 5.92 Å². The lowest BCUT2D eigenvalue weighted by atomic mass is 9.99. The third-order valence-electron chi connectivity index (χ3n) is 4.60. The molecule has 1 amide bonds. The molecule has 1 aromatic rings. The SMILES string of the molecule is O=C(O)C(CNC(=O)C1CC1C1CC1)Cc1ccccc1. The first-order chi connectivity index (χ1) is 10.1. The van der Waals surface area contributed by atoms with Gasteiger partial charge in [0, 0.05) is 12.5 Å². The Morgan fingerprint density at radius 2 is 1.95 bits per heavy atom. The number of hydrogen-bond donors (Lipinski definition) is 2. The zero-order valence-electron chi connectivity index (χ0n) is 12.0. The second kappa shape index (κ2) is 5.88. The van der Waals surface area contributed by atoms with E-state index in [9.17, 15) is 14.7 Å². The lowest BCUT2D eigenvalue weighted by Crippen LogP contribution is -2.35. The molecule has 4 heteroatoms. The number of nitrogens with one attached hydrogen (secondary N) is 1. The fourth-order valence-corrected chi connectivity index (χ4v) is 3.06. The van der Waals surface area contributed by atoms with Crippen LogP contribution >= 0.6 is 0 Å². The van der Waals surface area contributed by atoms with E-state index in [1.807, 2.05) is 30.3 Å². The molecule has 1 aromatic carbocycles. The monoisotopic (exact) mass is 287 g/mol. The van der Waals surface area contributed by atoms with Crippen molar-refractivity contribution in [3.8, 4) is 0 Å². The van der Waals surface area contributed by atoms with Gasteiger partial charge in [-0.05, 0) is 43.1 Å². The molecule has 3 rings (SSSR count). The molecule has 2 fully saturated rings. The average molecular weight is 287 g/mol. The van der Waals surface area contributed by atoms with Crippen LogP contribution < -0.4 is 5.32 Å². The first-order valence-corrected chi connectivity index (χ1v) is 7.69. The quantitative estimate of drug-likeness (QED) is 0.807. The summed E-state index contributed by atoms with van der Waals surface area (Å²) in [7, 11) is 0. The van der Waals surface area contributed by atoms with Crippen LogP contribution in [0, 0.1) is 23.7 Å². The Balaban J connectivity index is 1.49. The Kier molecular flexibility index (Phi) is 3.95. The average Bonchev–Trinajstić information content (AvgIpc) is 3.35. The lowest BCUT2D eigenvalue weighted by molar-refractivity contribution is -0.141. The molecule has 0 aromatic heterocycles. The maximum absolute atomic E-state index is 12.0. The highest BCUT2D eigenvalue weighted by atomic mass is 16.4. The molecule has 2 N–H and O–H groups in total. The summed E-state index contributed by atoms with van der Waals surface area (Å²) < 4.78 is 0. The van der Waals surface area contributed by atoms with Gasteiger partial charge in [0.2, 0.25) is 5.91 Å². The largest absolute Gasteiger partial charge is 0.481 e. The molecule has 3 unspecified atom stereocenters. The summed E-state index contributed by atoms with van der Waals surface area (Å²) in [6.45, 7) is 0.219. The van der Waals surface area contributed by atoms with Crippen LogP contribution in [-0.2, 0) is 16.0 Å². The first kappa shape index (κ1) is 14.1. The van der Waals surface area contributed by atoms with Crippen molar-refractivity contribution >= 4 is 11.9 Å². The van der Waals surface area contributed by atoms with Gasteiger partial charge in [-0.2, -0.15) is 0 Å². The fourth-order valence-electron chi connectivity index (χ4n) is 3.06. The number of amides is 1. The number of rotatable bonds is 7. The maximum Gasteiger partial charge on any atom is 0.308 e. The van der Waals surface area contributed by atoms with Gasteiger partial charge in [-0.1, -0.05) is 30.3 Å². The zero-order chi connectivity index (χ0) is 14.8. The number of carbonyl (C=O) groups is 2. The first-order valence-electron chi connectivity index (χ1n) is 7.69. The van der Waals surface area contributed by atoms with Crippen molar-refractivity contribution < 1.29 is 14.7 Å². The van der Waals surface area contributed by atoms with Crippen molar-refractivity contribution in [3.63, 3.8) is 0 Å². The predicted octanol–water partition coefficient (Wildman–Crippen LogP) is 2.09. The van der Waals surface area contributed by atoms with Crippen LogP contribution in [0.4, 0.5) is 0 Å². The van der Waals surface area contributed by atoms with Crippen molar-refractivity contribution in [2.45, 2.75) is 25.7 Å². The molecule has 4 nitrogen and oxygen atoms in total. The fraction of sp³-hybridized carbons (Fsp3) is 0.529.